The van der Waals surface area contributed by atoms with E-state index < -0.39 is 0 Å². The van der Waals surface area contributed by atoms with Crippen molar-refractivity contribution < 1.29 is 19.0 Å². The number of hydrogen-bond acceptors (Lipinski definition) is 4. The van der Waals surface area contributed by atoms with Crippen molar-refractivity contribution in [1.29, 1.82) is 0 Å². The second-order valence-corrected chi connectivity index (χ2v) is 9.80. The first-order chi connectivity index (χ1) is 18.7. The maximum atomic E-state index is 13.1. The van der Waals surface area contributed by atoms with Gasteiger partial charge >= 0.3 is 0 Å². The zero-order valence-electron chi connectivity index (χ0n) is 22.3. The number of carbonyl (C=O) groups excluding carboxylic acids is 1. The van der Waals surface area contributed by atoms with Crippen LogP contribution in [0.25, 0.3) is 0 Å². The van der Waals surface area contributed by atoms with Crippen LogP contribution in [0.2, 0.25) is 0 Å². The molecule has 200 valence electrons. The Morgan fingerprint density at radius 3 is 1.71 bits per heavy atom. The SMILES string of the molecule is C=CCCCC1C(OCc2ccccc2)C(OCc2ccccc2)C(COCc2ccccc2)N1C(C)=O. The Balaban J connectivity index is 1.58. The summed E-state index contributed by atoms with van der Waals surface area (Å²) in [6.45, 7) is 7.26. The van der Waals surface area contributed by atoms with Crippen LogP contribution in [-0.4, -0.2) is 41.7 Å². The van der Waals surface area contributed by atoms with Crippen LogP contribution in [-0.2, 0) is 38.8 Å². The molecule has 4 rings (SSSR count). The number of amides is 1. The molecule has 0 aliphatic carbocycles. The van der Waals surface area contributed by atoms with Gasteiger partial charge in [0, 0.05) is 6.92 Å². The van der Waals surface area contributed by atoms with E-state index in [2.05, 4.69) is 30.8 Å². The number of hydrogen-bond donors (Lipinski definition) is 0. The van der Waals surface area contributed by atoms with Crippen molar-refractivity contribution >= 4 is 5.91 Å². The minimum atomic E-state index is -0.327. The highest BCUT2D eigenvalue weighted by molar-refractivity contribution is 5.74. The molecule has 3 aromatic rings. The highest BCUT2D eigenvalue weighted by atomic mass is 16.5. The van der Waals surface area contributed by atoms with Crippen molar-refractivity contribution in [2.24, 2.45) is 0 Å². The number of ether oxygens (including phenoxy) is 3. The fraction of sp³-hybridized carbons (Fsp3) is 0.364. The van der Waals surface area contributed by atoms with E-state index in [1.165, 1.54) is 0 Å². The fourth-order valence-electron chi connectivity index (χ4n) is 5.23. The lowest BCUT2D eigenvalue weighted by molar-refractivity contribution is -0.135. The van der Waals surface area contributed by atoms with Crippen LogP contribution < -0.4 is 0 Å². The summed E-state index contributed by atoms with van der Waals surface area (Å²) in [6.07, 6.45) is 3.94. The Labute approximate surface area is 227 Å². The second kappa shape index (κ2) is 14.6. The van der Waals surface area contributed by atoms with E-state index in [9.17, 15) is 4.79 Å². The van der Waals surface area contributed by atoms with Gasteiger partial charge in [-0.3, -0.25) is 4.79 Å². The van der Waals surface area contributed by atoms with Crippen molar-refractivity contribution in [1.82, 2.24) is 4.90 Å². The molecule has 1 aliphatic heterocycles. The Morgan fingerprint density at radius 1 is 0.763 bits per heavy atom. The monoisotopic (exact) mass is 513 g/mol. The van der Waals surface area contributed by atoms with Crippen LogP contribution in [0.15, 0.2) is 104 Å². The minimum Gasteiger partial charge on any atom is -0.375 e. The zero-order chi connectivity index (χ0) is 26.6. The topological polar surface area (TPSA) is 48.0 Å². The van der Waals surface area contributed by atoms with Gasteiger partial charge in [0.25, 0.3) is 0 Å². The maximum absolute atomic E-state index is 13.1. The van der Waals surface area contributed by atoms with Gasteiger partial charge in [0.15, 0.2) is 0 Å². The lowest BCUT2D eigenvalue weighted by atomic mass is 10.0. The van der Waals surface area contributed by atoms with E-state index in [1.807, 2.05) is 77.7 Å². The third-order valence-electron chi connectivity index (χ3n) is 7.04. The van der Waals surface area contributed by atoms with Crippen LogP contribution in [0, 0.1) is 0 Å². The van der Waals surface area contributed by atoms with Gasteiger partial charge in [0.05, 0.1) is 38.5 Å². The average molecular weight is 514 g/mol. The molecule has 0 spiro atoms. The fourth-order valence-corrected chi connectivity index (χ4v) is 5.23. The van der Waals surface area contributed by atoms with Gasteiger partial charge in [0.2, 0.25) is 5.91 Å². The Bertz CT molecular complexity index is 1110. The molecule has 0 radical (unpaired) electrons. The number of rotatable bonds is 14. The molecule has 1 aliphatic rings. The molecule has 5 nitrogen and oxygen atoms in total. The van der Waals surface area contributed by atoms with Crippen molar-refractivity contribution in [2.75, 3.05) is 6.61 Å². The van der Waals surface area contributed by atoms with Crippen LogP contribution in [0.1, 0.15) is 42.9 Å². The molecule has 0 bridgehead atoms. The highest BCUT2D eigenvalue weighted by Gasteiger charge is 2.51. The third-order valence-corrected chi connectivity index (χ3v) is 7.04. The first-order valence-electron chi connectivity index (χ1n) is 13.5. The van der Waals surface area contributed by atoms with Crippen molar-refractivity contribution in [3.8, 4) is 0 Å². The molecule has 38 heavy (non-hydrogen) atoms. The third kappa shape index (κ3) is 7.64. The summed E-state index contributed by atoms with van der Waals surface area (Å²) in [4.78, 5) is 15.1. The molecular formula is C33H39NO4. The van der Waals surface area contributed by atoms with E-state index in [4.69, 9.17) is 14.2 Å². The number of nitrogens with zero attached hydrogens (tertiary/aromatic N) is 1. The second-order valence-electron chi connectivity index (χ2n) is 9.80. The Kier molecular flexibility index (Phi) is 10.7. The summed E-state index contributed by atoms with van der Waals surface area (Å²) >= 11 is 0. The quantitative estimate of drug-likeness (QED) is 0.187. The van der Waals surface area contributed by atoms with Crippen LogP contribution in [0.3, 0.4) is 0 Å². The highest BCUT2D eigenvalue weighted by Crippen LogP contribution is 2.34. The molecule has 4 unspecified atom stereocenters. The summed E-state index contributed by atoms with van der Waals surface area (Å²) in [6, 6.07) is 30.0. The Morgan fingerprint density at radius 2 is 1.24 bits per heavy atom. The van der Waals surface area contributed by atoms with Gasteiger partial charge in [0.1, 0.15) is 12.2 Å². The van der Waals surface area contributed by atoms with Gasteiger partial charge in [-0.2, -0.15) is 0 Å². The first kappa shape index (κ1) is 27.8. The lowest BCUT2D eigenvalue weighted by Gasteiger charge is -2.30. The zero-order valence-corrected chi connectivity index (χ0v) is 22.3. The summed E-state index contributed by atoms with van der Waals surface area (Å²) in [7, 11) is 0. The first-order valence-corrected chi connectivity index (χ1v) is 13.5. The molecule has 0 saturated carbocycles. The molecule has 5 heteroatoms. The maximum Gasteiger partial charge on any atom is 0.220 e. The molecule has 4 atom stereocenters. The van der Waals surface area contributed by atoms with Gasteiger partial charge < -0.3 is 19.1 Å². The van der Waals surface area contributed by atoms with Gasteiger partial charge in [-0.1, -0.05) is 97.1 Å². The average Bonchev–Trinajstić information content (AvgIpc) is 3.24. The summed E-state index contributed by atoms with van der Waals surface area (Å²) < 4.78 is 19.4. The normalized spacial score (nSPS) is 20.9. The van der Waals surface area contributed by atoms with E-state index in [0.29, 0.717) is 26.4 Å². The molecule has 1 fully saturated rings. The number of allylic oxidation sites excluding steroid dienone is 1. The molecule has 1 saturated heterocycles. The molecule has 3 aromatic carbocycles. The lowest BCUT2D eigenvalue weighted by Crippen LogP contribution is -2.45. The van der Waals surface area contributed by atoms with Gasteiger partial charge in [-0.05, 0) is 36.0 Å². The van der Waals surface area contributed by atoms with Crippen molar-refractivity contribution in [3.05, 3.63) is 120 Å². The number of carbonyl (C=O) groups is 1. The predicted octanol–water partition coefficient (Wildman–Crippen LogP) is 6.33. The van der Waals surface area contributed by atoms with Crippen LogP contribution in [0.4, 0.5) is 0 Å². The largest absolute Gasteiger partial charge is 0.375 e. The van der Waals surface area contributed by atoms with E-state index >= 15 is 0 Å². The predicted molar refractivity (Wildman–Crippen MR) is 150 cm³/mol. The molecule has 0 aromatic heterocycles. The molecule has 0 N–H and O–H groups in total. The number of likely N-dealkylation sites (tertiary alicyclic amines) is 1. The van der Waals surface area contributed by atoms with Gasteiger partial charge in [-0.15, -0.1) is 6.58 Å². The number of unbranched alkanes of at least 4 members (excludes halogenated alkanes) is 1. The smallest absolute Gasteiger partial charge is 0.220 e. The van der Waals surface area contributed by atoms with Crippen LogP contribution >= 0.6 is 0 Å². The van der Waals surface area contributed by atoms with Crippen molar-refractivity contribution in [3.63, 3.8) is 0 Å². The number of benzene rings is 3. The van der Waals surface area contributed by atoms with Crippen molar-refractivity contribution in [2.45, 2.75) is 70.3 Å². The summed E-state index contributed by atoms with van der Waals surface area (Å²) in [5, 5.41) is 0. The molecule has 1 heterocycles. The molecule has 1 amide bonds. The van der Waals surface area contributed by atoms with Gasteiger partial charge in [-0.25, -0.2) is 0 Å². The minimum absolute atomic E-state index is 0.0148. The van der Waals surface area contributed by atoms with E-state index in [0.717, 1.165) is 36.0 Å². The van der Waals surface area contributed by atoms with E-state index in [-0.39, 0.29) is 30.2 Å². The Hall–Kier alpha value is -3.25. The van der Waals surface area contributed by atoms with Crippen LogP contribution in [0.5, 0.6) is 0 Å². The standard InChI is InChI=1S/C33H39NO4/c1-3-4-8-21-30-32(37-23-28-17-11-6-12-18-28)33(38-24-29-19-13-7-14-20-29)31(34(30)26(2)35)25-36-22-27-15-9-5-10-16-27/h3,5-7,9-20,30-33H,1,4,8,21-25H2,2H3. The summed E-state index contributed by atoms with van der Waals surface area (Å²) in [5.41, 5.74) is 3.28. The molecular weight excluding hydrogens is 474 g/mol. The summed E-state index contributed by atoms with van der Waals surface area (Å²) in [5.74, 6) is 0.0148. The van der Waals surface area contributed by atoms with E-state index in [1.54, 1.807) is 6.92 Å².